The molecule has 7 heteroatoms. The summed E-state index contributed by atoms with van der Waals surface area (Å²) in [5.41, 5.74) is 0.935. The minimum absolute atomic E-state index is 0.117. The molecular weight excluding hydrogens is 289 g/mol. The van der Waals surface area contributed by atoms with Crippen molar-refractivity contribution in [1.82, 2.24) is 15.2 Å². The first-order valence-electron chi connectivity index (χ1n) is 5.96. The summed E-state index contributed by atoms with van der Waals surface area (Å²) in [6, 6.07) is 3.72. The van der Waals surface area contributed by atoms with Crippen LogP contribution in [-0.4, -0.2) is 42.2 Å². The van der Waals surface area contributed by atoms with Gasteiger partial charge in [0.2, 0.25) is 0 Å². The van der Waals surface area contributed by atoms with E-state index >= 15 is 0 Å². The van der Waals surface area contributed by atoms with Crippen molar-refractivity contribution >= 4 is 29.3 Å². The zero-order chi connectivity index (χ0) is 13.8. The van der Waals surface area contributed by atoms with Crippen molar-refractivity contribution < 1.29 is 9.53 Å². The fraction of sp³-hybridized carbons (Fsp3) is 0.500. The molecular formula is C12H15Cl2N3O2. The molecule has 1 atom stereocenters. The van der Waals surface area contributed by atoms with Crippen LogP contribution in [0.5, 0.6) is 0 Å². The monoisotopic (exact) mass is 303 g/mol. The van der Waals surface area contributed by atoms with Gasteiger partial charge in [-0.15, -0.1) is 0 Å². The average Bonchev–Trinajstić information content (AvgIpc) is 2.80. The standard InChI is InChI=1S/C12H15Cl2N3O2/c1-19-12(18)15-9-4-5-17(7-9)6-8-2-3-10(13)16-11(8)14/h2-3,9H,4-7H2,1H3,(H,15,18). The van der Waals surface area contributed by atoms with Crippen molar-refractivity contribution in [1.29, 1.82) is 0 Å². The van der Waals surface area contributed by atoms with Crippen LogP contribution < -0.4 is 5.32 Å². The molecule has 1 unspecified atom stereocenters. The molecule has 1 aromatic heterocycles. The van der Waals surface area contributed by atoms with Crippen molar-refractivity contribution in [3.63, 3.8) is 0 Å². The Morgan fingerprint density at radius 3 is 3.05 bits per heavy atom. The first-order chi connectivity index (χ1) is 9.08. The number of likely N-dealkylation sites (tertiary alicyclic amines) is 1. The second-order valence-electron chi connectivity index (χ2n) is 4.44. The zero-order valence-corrected chi connectivity index (χ0v) is 12.0. The van der Waals surface area contributed by atoms with Gasteiger partial charge in [0.25, 0.3) is 0 Å². The van der Waals surface area contributed by atoms with Gasteiger partial charge < -0.3 is 10.1 Å². The van der Waals surface area contributed by atoms with E-state index < -0.39 is 6.09 Å². The number of hydrogen-bond donors (Lipinski definition) is 1. The molecule has 0 aromatic carbocycles. The van der Waals surface area contributed by atoms with E-state index in [0.717, 1.165) is 25.1 Å². The molecule has 1 saturated heterocycles. The maximum Gasteiger partial charge on any atom is 0.407 e. The molecule has 5 nitrogen and oxygen atoms in total. The summed E-state index contributed by atoms with van der Waals surface area (Å²) in [5.74, 6) is 0. The second kappa shape index (κ2) is 6.41. The van der Waals surface area contributed by atoms with Gasteiger partial charge in [0.15, 0.2) is 0 Å². The molecule has 19 heavy (non-hydrogen) atoms. The van der Waals surface area contributed by atoms with Crippen LogP contribution in [0.1, 0.15) is 12.0 Å². The molecule has 1 aliphatic rings. The van der Waals surface area contributed by atoms with Gasteiger partial charge in [-0.2, -0.15) is 0 Å². The summed E-state index contributed by atoms with van der Waals surface area (Å²) in [6.45, 7) is 2.37. The number of alkyl carbamates (subject to hydrolysis) is 1. The van der Waals surface area contributed by atoms with Crippen LogP contribution in [0.3, 0.4) is 0 Å². The predicted octanol–water partition coefficient (Wildman–Crippen LogP) is 2.32. The molecule has 104 valence electrons. The summed E-state index contributed by atoms with van der Waals surface area (Å²) in [6.07, 6.45) is 0.506. The van der Waals surface area contributed by atoms with Gasteiger partial charge in [-0.25, -0.2) is 9.78 Å². The molecule has 0 saturated carbocycles. The molecule has 1 amide bonds. The van der Waals surface area contributed by atoms with E-state index in [1.165, 1.54) is 7.11 Å². The van der Waals surface area contributed by atoms with Gasteiger partial charge in [0.1, 0.15) is 10.3 Å². The van der Waals surface area contributed by atoms with E-state index in [1.807, 2.05) is 6.07 Å². The second-order valence-corrected chi connectivity index (χ2v) is 5.19. The molecule has 2 rings (SSSR count). The highest BCUT2D eigenvalue weighted by atomic mass is 35.5. The van der Waals surface area contributed by atoms with Gasteiger partial charge in [-0.05, 0) is 12.5 Å². The number of amides is 1. The molecule has 1 aromatic rings. The Balaban J connectivity index is 1.89. The molecule has 1 N–H and O–H groups in total. The normalized spacial score (nSPS) is 19.4. The van der Waals surface area contributed by atoms with Crippen molar-refractivity contribution in [2.24, 2.45) is 0 Å². The third kappa shape index (κ3) is 3.96. The zero-order valence-electron chi connectivity index (χ0n) is 10.5. The number of aromatic nitrogens is 1. The van der Waals surface area contributed by atoms with Crippen LogP contribution in [0.4, 0.5) is 4.79 Å². The number of nitrogens with zero attached hydrogens (tertiary/aromatic N) is 2. The highest BCUT2D eigenvalue weighted by molar-refractivity contribution is 6.32. The summed E-state index contributed by atoms with van der Waals surface area (Å²) < 4.78 is 4.58. The van der Waals surface area contributed by atoms with Gasteiger partial charge in [-0.3, -0.25) is 4.90 Å². The predicted molar refractivity (Wildman–Crippen MR) is 73.5 cm³/mol. The van der Waals surface area contributed by atoms with Crippen LogP contribution in [-0.2, 0) is 11.3 Å². The van der Waals surface area contributed by atoms with Gasteiger partial charge in [0, 0.05) is 31.2 Å². The van der Waals surface area contributed by atoms with E-state index in [4.69, 9.17) is 23.2 Å². The fourth-order valence-corrected chi connectivity index (χ4v) is 2.52. The number of hydrogen-bond acceptors (Lipinski definition) is 4. The number of halogens is 2. The summed E-state index contributed by atoms with van der Waals surface area (Å²) in [4.78, 5) is 17.3. The minimum Gasteiger partial charge on any atom is -0.453 e. The molecule has 2 heterocycles. The largest absolute Gasteiger partial charge is 0.453 e. The number of carbonyl (C=O) groups is 1. The molecule has 0 radical (unpaired) electrons. The molecule has 1 aliphatic heterocycles. The Hall–Kier alpha value is -1.04. The van der Waals surface area contributed by atoms with Crippen molar-refractivity contribution in [3.05, 3.63) is 28.0 Å². The Morgan fingerprint density at radius 2 is 2.37 bits per heavy atom. The molecule has 0 spiro atoms. The lowest BCUT2D eigenvalue weighted by atomic mass is 10.2. The number of ether oxygens (including phenoxy) is 1. The van der Waals surface area contributed by atoms with Crippen LogP contribution in [0, 0.1) is 0 Å². The van der Waals surface area contributed by atoms with Crippen LogP contribution in [0.25, 0.3) is 0 Å². The van der Waals surface area contributed by atoms with E-state index in [-0.39, 0.29) is 6.04 Å². The van der Waals surface area contributed by atoms with Gasteiger partial charge >= 0.3 is 6.09 Å². The first-order valence-corrected chi connectivity index (χ1v) is 6.72. The van der Waals surface area contributed by atoms with E-state index in [1.54, 1.807) is 6.07 Å². The van der Waals surface area contributed by atoms with Crippen LogP contribution in [0.15, 0.2) is 12.1 Å². The third-order valence-corrected chi connectivity index (χ3v) is 3.60. The van der Waals surface area contributed by atoms with Crippen LogP contribution in [0.2, 0.25) is 10.3 Å². The summed E-state index contributed by atoms with van der Waals surface area (Å²) in [7, 11) is 1.36. The molecule has 1 fully saturated rings. The first kappa shape index (κ1) is 14.4. The van der Waals surface area contributed by atoms with Gasteiger partial charge in [0.05, 0.1) is 7.11 Å². The highest BCUT2D eigenvalue weighted by Crippen LogP contribution is 2.20. The number of rotatable bonds is 3. The summed E-state index contributed by atoms with van der Waals surface area (Å²) >= 11 is 11.8. The molecule has 0 aliphatic carbocycles. The quantitative estimate of drug-likeness (QED) is 0.871. The fourth-order valence-electron chi connectivity index (χ4n) is 2.12. The maximum atomic E-state index is 11.1. The van der Waals surface area contributed by atoms with E-state index in [0.29, 0.717) is 16.9 Å². The van der Waals surface area contributed by atoms with Crippen molar-refractivity contribution in [3.8, 4) is 0 Å². The maximum absolute atomic E-state index is 11.1. The Labute approximate surface area is 121 Å². The third-order valence-electron chi connectivity index (χ3n) is 3.07. The van der Waals surface area contributed by atoms with E-state index in [9.17, 15) is 4.79 Å². The Kier molecular flexibility index (Phi) is 4.85. The Bertz CT molecular complexity index is 470. The highest BCUT2D eigenvalue weighted by Gasteiger charge is 2.24. The lowest BCUT2D eigenvalue weighted by Gasteiger charge is -2.17. The summed E-state index contributed by atoms with van der Waals surface area (Å²) in [5, 5.41) is 3.61. The number of methoxy groups -OCH3 is 1. The smallest absolute Gasteiger partial charge is 0.407 e. The minimum atomic E-state index is -0.391. The van der Waals surface area contributed by atoms with E-state index in [2.05, 4.69) is 19.9 Å². The lowest BCUT2D eigenvalue weighted by molar-refractivity contribution is 0.166. The number of carbonyl (C=O) groups excluding carboxylic acids is 1. The number of pyridine rings is 1. The average molecular weight is 304 g/mol. The SMILES string of the molecule is COC(=O)NC1CCN(Cc2ccc(Cl)nc2Cl)C1. The number of nitrogens with one attached hydrogen (secondary N) is 1. The van der Waals surface area contributed by atoms with Gasteiger partial charge in [-0.1, -0.05) is 29.3 Å². The molecule has 0 bridgehead atoms. The lowest BCUT2D eigenvalue weighted by Crippen LogP contribution is -2.36. The van der Waals surface area contributed by atoms with Crippen LogP contribution >= 0.6 is 23.2 Å². The Morgan fingerprint density at radius 1 is 1.58 bits per heavy atom. The van der Waals surface area contributed by atoms with Crippen molar-refractivity contribution in [2.75, 3.05) is 20.2 Å². The topological polar surface area (TPSA) is 54.5 Å². The van der Waals surface area contributed by atoms with Crippen molar-refractivity contribution in [2.45, 2.75) is 19.0 Å².